The van der Waals surface area contributed by atoms with E-state index in [0.717, 1.165) is 44.6 Å². The van der Waals surface area contributed by atoms with Gasteiger partial charge in [0.15, 0.2) is 5.82 Å². The van der Waals surface area contributed by atoms with E-state index in [1.807, 2.05) is 29.5 Å². The van der Waals surface area contributed by atoms with Crippen LogP contribution in [-0.4, -0.2) is 66.6 Å². The summed E-state index contributed by atoms with van der Waals surface area (Å²) in [6.45, 7) is 6.01. The highest BCUT2D eigenvalue weighted by molar-refractivity contribution is 5.30. The molecule has 2 fully saturated rings. The standard InChI is InChI=1S/C29H35N7/c1-2-7-24(8-3-1)21-35-23-30-32-29(35)28(34-17-6-16-33(19-20-34)27-9-4-10-27)26-13-11-25(12-14-26)22-36-18-5-15-31-36/h1-3,5,7-8,11-15,18,23,27-28H,4,6,9-10,16-17,19-22H2. The van der Waals surface area contributed by atoms with E-state index in [1.165, 1.54) is 48.9 Å². The van der Waals surface area contributed by atoms with Crippen molar-refractivity contribution in [1.29, 1.82) is 0 Å². The second kappa shape index (κ2) is 10.8. The van der Waals surface area contributed by atoms with Crippen LogP contribution in [0.2, 0.25) is 0 Å². The van der Waals surface area contributed by atoms with Crippen molar-refractivity contribution in [1.82, 2.24) is 34.3 Å². The molecule has 2 aromatic heterocycles. The summed E-state index contributed by atoms with van der Waals surface area (Å²) in [4.78, 5) is 5.36. The van der Waals surface area contributed by atoms with Crippen LogP contribution in [0.25, 0.3) is 0 Å². The molecule has 4 aromatic rings. The maximum Gasteiger partial charge on any atom is 0.155 e. The molecule has 186 valence electrons. The highest BCUT2D eigenvalue weighted by atomic mass is 15.3. The Morgan fingerprint density at radius 3 is 2.39 bits per heavy atom. The summed E-state index contributed by atoms with van der Waals surface area (Å²) in [6, 6.07) is 22.5. The molecule has 0 N–H and O–H groups in total. The molecule has 7 heteroatoms. The lowest BCUT2D eigenvalue weighted by molar-refractivity contribution is 0.127. The summed E-state index contributed by atoms with van der Waals surface area (Å²) in [5, 5.41) is 13.4. The first kappa shape index (κ1) is 23.1. The summed E-state index contributed by atoms with van der Waals surface area (Å²) in [6.07, 6.45) is 11.0. The highest BCUT2D eigenvalue weighted by Gasteiger charge is 2.31. The number of hydrogen-bond donors (Lipinski definition) is 0. The smallest absolute Gasteiger partial charge is 0.155 e. The molecule has 0 spiro atoms. The average Bonchev–Trinajstić information content (AvgIpc) is 3.49. The molecule has 1 unspecified atom stereocenters. The quantitative estimate of drug-likeness (QED) is 0.377. The SMILES string of the molecule is c1ccc(Cn2cnnc2C(c2ccc(Cn3cccn3)cc2)N2CCCN(C3CCC3)CC2)cc1. The van der Waals surface area contributed by atoms with Crippen molar-refractivity contribution in [3.05, 3.63) is 102 Å². The van der Waals surface area contributed by atoms with Gasteiger partial charge in [-0.2, -0.15) is 5.10 Å². The molecule has 7 nitrogen and oxygen atoms in total. The van der Waals surface area contributed by atoms with Gasteiger partial charge in [0.1, 0.15) is 6.33 Å². The van der Waals surface area contributed by atoms with Gasteiger partial charge in [-0.3, -0.25) is 14.5 Å². The summed E-state index contributed by atoms with van der Waals surface area (Å²) in [5.74, 6) is 1.02. The van der Waals surface area contributed by atoms with Crippen LogP contribution in [0.5, 0.6) is 0 Å². The van der Waals surface area contributed by atoms with Gasteiger partial charge in [-0.15, -0.1) is 10.2 Å². The Hall–Kier alpha value is -3.29. The number of benzene rings is 2. The Labute approximate surface area is 213 Å². The second-order valence-corrected chi connectivity index (χ2v) is 10.2. The van der Waals surface area contributed by atoms with Gasteiger partial charge < -0.3 is 4.57 Å². The molecule has 1 saturated carbocycles. The van der Waals surface area contributed by atoms with Gasteiger partial charge in [0.2, 0.25) is 0 Å². The largest absolute Gasteiger partial charge is 0.311 e. The third-order valence-corrected chi connectivity index (χ3v) is 7.81. The van der Waals surface area contributed by atoms with Crippen LogP contribution in [0.1, 0.15) is 54.2 Å². The first-order valence-corrected chi connectivity index (χ1v) is 13.3. The lowest BCUT2D eigenvalue weighted by atomic mass is 9.91. The summed E-state index contributed by atoms with van der Waals surface area (Å²) < 4.78 is 4.19. The number of aromatic nitrogens is 5. The van der Waals surface area contributed by atoms with Gasteiger partial charge in [0.05, 0.1) is 19.1 Å². The van der Waals surface area contributed by atoms with Crippen molar-refractivity contribution in [3.8, 4) is 0 Å². The van der Waals surface area contributed by atoms with Crippen molar-refractivity contribution in [3.63, 3.8) is 0 Å². The lowest BCUT2D eigenvalue weighted by Gasteiger charge is -2.37. The zero-order chi connectivity index (χ0) is 24.2. The molecular formula is C29H35N7. The van der Waals surface area contributed by atoms with Crippen molar-refractivity contribution >= 4 is 0 Å². The van der Waals surface area contributed by atoms with Gasteiger partial charge in [0.25, 0.3) is 0 Å². The third kappa shape index (κ3) is 5.13. The predicted molar refractivity (Wildman–Crippen MR) is 141 cm³/mol. The molecule has 0 bridgehead atoms. The van der Waals surface area contributed by atoms with Gasteiger partial charge in [-0.1, -0.05) is 61.0 Å². The first-order valence-electron chi connectivity index (χ1n) is 13.3. The Morgan fingerprint density at radius 1 is 0.806 bits per heavy atom. The lowest BCUT2D eigenvalue weighted by Crippen LogP contribution is -2.42. The molecule has 1 atom stereocenters. The molecule has 2 aromatic carbocycles. The maximum atomic E-state index is 4.70. The summed E-state index contributed by atoms with van der Waals surface area (Å²) >= 11 is 0. The fourth-order valence-electron chi connectivity index (χ4n) is 5.62. The normalized spacial score (nSPS) is 18.6. The highest BCUT2D eigenvalue weighted by Crippen LogP contribution is 2.31. The van der Waals surface area contributed by atoms with Crippen LogP contribution < -0.4 is 0 Å². The fourth-order valence-corrected chi connectivity index (χ4v) is 5.62. The molecule has 6 rings (SSSR count). The molecule has 36 heavy (non-hydrogen) atoms. The zero-order valence-corrected chi connectivity index (χ0v) is 20.9. The zero-order valence-electron chi connectivity index (χ0n) is 20.9. The van der Waals surface area contributed by atoms with E-state index in [1.54, 1.807) is 0 Å². The fraction of sp³-hybridized carbons (Fsp3) is 0.414. The molecule has 0 amide bonds. The summed E-state index contributed by atoms with van der Waals surface area (Å²) in [5.41, 5.74) is 3.79. The molecule has 1 aliphatic carbocycles. The second-order valence-electron chi connectivity index (χ2n) is 10.2. The Balaban J connectivity index is 1.29. The molecule has 3 heterocycles. The van der Waals surface area contributed by atoms with Crippen molar-refractivity contribution in [2.75, 3.05) is 26.2 Å². The van der Waals surface area contributed by atoms with Crippen molar-refractivity contribution < 1.29 is 0 Å². The van der Waals surface area contributed by atoms with E-state index in [-0.39, 0.29) is 6.04 Å². The van der Waals surface area contributed by atoms with Crippen LogP contribution in [0, 0.1) is 0 Å². The monoisotopic (exact) mass is 481 g/mol. The average molecular weight is 482 g/mol. The summed E-state index contributed by atoms with van der Waals surface area (Å²) in [7, 11) is 0. The maximum absolute atomic E-state index is 4.70. The topological polar surface area (TPSA) is 55.0 Å². The van der Waals surface area contributed by atoms with Crippen LogP contribution >= 0.6 is 0 Å². The third-order valence-electron chi connectivity index (χ3n) is 7.81. The van der Waals surface area contributed by atoms with Crippen LogP contribution in [0.15, 0.2) is 79.4 Å². The molecule has 2 aliphatic rings. The first-order chi connectivity index (χ1) is 17.8. The van der Waals surface area contributed by atoms with Crippen LogP contribution in [-0.2, 0) is 13.1 Å². The van der Waals surface area contributed by atoms with E-state index in [2.05, 4.69) is 79.2 Å². The van der Waals surface area contributed by atoms with Gasteiger partial charge in [-0.05, 0) is 48.6 Å². The van der Waals surface area contributed by atoms with Gasteiger partial charge in [-0.25, -0.2) is 0 Å². The van der Waals surface area contributed by atoms with E-state index in [9.17, 15) is 0 Å². The van der Waals surface area contributed by atoms with Crippen LogP contribution in [0.4, 0.5) is 0 Å². The minimum Gasteiger partial charge on any atom is -0.311 e. The van der Waals surface area contributed by atoms with Crippen molar-refractivity contribution in [2.24, 2.45) is 0 Å². The van der Waals surface area contributed by atoms with E-state index >= 15 is 0 Å². The molecule has 1 saturated heterocycles. The van der Waals surface area contributed by atoms with Gasteiger partial charge in [0, 0.05) is 38.1 Å². The van der Waals surface area contributed by atoms with E-state index in [4.69, 9.17) is 5.10 Å². The molecule has 0 radical (unpaired) electrons. The Morgan fingerprint density at radius 2 is 1.64 bits per heavy atom. The Bertz CT molecular complexity index is 1210. The van der Waals surface area contributed by atoms with E-state index in [0.29, 0.717) is 0 Å². The minimum absolute atomic E-state index is 0.0799. The number of rotatable bonds is 8. The van der Waals surface area contributed by atoms with Crippen LogP contribution in [0.3, 0.4) is 0 Å². The number of nitrogens with zero attached hydrogens (tertiary/aromatic N) is 7. The van der Waals surface area contributed by atoms with Crippen molar-refractivity contribution in [2.45, 2.75) is 50.9 Å². The predicted octanol–water partition coefficient (Wildman–Crippen LogP) is 4.22. The number of hydrogen-bond acceptors (Lipinski definition) is 5. The molecular weight excluding hydrogens is 446 g/mol. The van der Waals surface area contributed by atoms with E-state index < -0.39 is 0 Å². The molecule has 1 aliphatic heterocycles. The van der Waals surface area contributed by atoms with Gasteiger partial charge >= 0.3 is 0 Å². The minimum atomic E-state index is 0.0799. The Kier molecular flexibility index (Phi) is 6.92.